The number of halogens is 1. The third-order valence-corrected chi connectivity index (χ3v) is 3.44. The van der Waals surface area contributed by atoms with Crippen molar-refractivity contribution in [3.05, 3.63) is 35.4 Å². The van der Waals surface area contributed by atoms with Crippen LogP contribution in [0.15, 0.2) is 24.3 Å². The van der Waals surface area contributed by atoms with Crippen LogP contribution in [0.5, 0.6) is 0 Å². The summed E-state index contributed by atoms with van der Waals surface area (Å²) >= 11 is 0. The standard InChI is InChI=1S/C14H19F/c1-10(2)11-3-5-12(6-4-11)13-7-8-14(15)9-13/h3-6,10,13-14H,7-9H2,1-2H3/t13-,14+/m1/s1. The lowest BCUT2D eigenvalue weighted by Crippen LogP contribution is -1.96. The highest BCUT2D eigenvalue weighted by Gasteiger charge is 2.25. The molecule has 0 spiro atoms. The van der Waals surface area contributed by atoms with Gasteiger partial charge in [-0.25, -0.2) is 4.39 Å². The highest BCUT2D eigenvalue weighted by molar-refractivity contribution is 5.27. The summed E-state index contributed by atoms with van der Waals surface area (Å²) in [5, 5.41) is 0. The van der Waals surface area contributed by atoms with Gasteiger partial charge in [-0.1, -0.05) is 38.1 Å². The summed E-state index contributed by atoms with van der Waals surface area (Å²) in [6, 6.07) is 8.73. The number of benzene rings is 1. The molecule has 0 heterocycles. The van der Waals surface area contributed by atoms with Gasteiger partial charge in [0.2, 0.25) is 0 Å². The Morgan fingerprint density at radius 2 is 1.80 bits per heavy atom. The third kappa shape index (κ3) is 2.39. The Hall–Kier alpha value is -0.850. The van der Waals surface area contributed by atoms with Gasteiger partial charge in [-0.2, -0.15) is 0 Å². The summed E-state index contributed by atoms with van der Waals surface area (Å²) < 4.78 is 13.1. The Bertz CT molecular complexity index is 313. The quantitative estimate of drug-likeness (QED) is 0.672. The van der Waals surface area contributed by atoms with E-state index in [0.29, 0.717) is 11.8 Å². The van der Waals surface area contributed by atoms with Crippen LogP contribution >= 0.6 is 0 Å². The first-order valence-electron chi connectivity index (χ1n) is 5.90. The minimum absolute atomic E-state index is 0.459. The minimum Gasteiger partial charge on any atom is -0.247 e. The second kappa shape index (κ2) is 4.34. The molecule has 15 heavy (non-hydrogen) atoms. The fraction of sp³-hybridized carbons (Fsp3) is 0.571. The van der Waals surface area contributed by atoms with E-state index in [1.54, 1.807) is 0 Å². The normalized spacial score (nSPS) is 26.1. The SMILES string of the molecule is CC(C)c1ccc([C@@H]2CC[C@H](F)C2)cc1. The maximum Gasteiger partial charge on any atom is 0.101 e. The lowest BCUT2D eigenvalue weighted by atomic mass is 9.94. The topological polar surface area (TPSA) is 0 Å². The van der Waals surface area contributed by atoms with Gasteiger partial charge in [0.25, 0.3) is 0 Å². The molecule has 2 atom stereocenters. The van der Waals surface area contributed by atoms with Gasteiger partial charge in [0.05, 0.1) is 0 Å². The van der Waals surface area contributed by atoms with Gasteiger partial charge >= 0.3 is 0 Å². The minimum atomic E-state index is -0.570. The predicted molar refractivity (Wildman–Crippen MR) is 62.0 cm³/mol. The van der Waals surface area contributed by atoms with Crippen LogP contribution in [-0.2, 0) is 0 Å². The van der Waals surface area contributed by atoms with Crippen LogP contribution in [0.1, 0.15) is 56.1 Å². The van der Waals surface area contributed by atoms with Crippen molar-refractivity contribution in [3.8, 4) is 0 Å². The summed E-state index contributed by atoms with van der Waals surface area (Å²) in [7, 11) is 0. The van der Waals surface area contributed by atoms with Gasteiger partial charge in [-0.05, 0) is 42.2 Å². The molecular formula is C14H19F. The first-order chi connectivity index (χ1) is 7.16. The van der Waals surface area contributed by atoms with E-state index in [9.17, 15) is 4.39 Å². The predicted octanol–water partition coefficient (Wildman–Crippen LogP) is 4.42. The van der Waals surface area contributed by atoms with E-state index in [2.05, 4.69) is 38.1 Å². The number of rotatable bonds is 2. The van der Waals surface area contributed by atoms with Crippen LogP contribution < -0.4 is 0 Å². The van der Waals surface area contributed by atoms with Crippen molar-refractivity contribution in [2.75, 3.05) is 0 Å². The van der Waals surface area contributed by atoms with Crippen molar-refractivity contribution < 1.29 is 4.39 Å². The van der Waals surface area contributed by atoms with E-state index in [1.807, 2.05) is 0 Å². The molecule has 1 aromatic carbocycles. The summed E-state index contributed by atoms with van der Waals surface area (Å²) in [4.78, 5) is 0. The highest BCUT2D eigenvalue weighted by Crippen LogP contribution is 2.36. The summed E-state index contributed by atoms with van der Waals surface area (Å²) in [5.41, 5.74) is 2.69. The zero-order chi connectivity index (χ0) is 10.8. The van der Waals surface area contributed by atoms with E-state index in [-0.39, 0.29) is 0 Å². The molecule has 0 aromatic heterocycles. The molecule has 0 bridgehead atoms. The van der Waals surface area contributed by atoms with Crippen LogP contribution in [0.2, 0.25) is 0 Å². The monoisotopic (exact) mass is 206 g/mol. The maximum atomic E-state index is 13.1. The number of hydrogen-bond donors (Lipinski definition) is 0. The molecule has 0 nitrogen and oxygen atoms in total. The smallest absolute Gasteiger partial charge is 0.101 e. The zero-order valence-corrected chi connectivity index (χ0v) is 9.54. The van der Waals surface area contributed by atoms with Gasteiger partial charge in [-0.3, -0.25) is 0 Å². The van der Waals surface area contributed by atoms with E-state index < -0.39 is 6.17 Å². The summed E-state index contributed by atoms with van der Waals surface area (Å²) in [6.45, 7) is 4.39. The molecule has 82 valence electrons. The molecule has 0 N–H and O–H groups in total. The van der Waals surface area contributed by atoms with Crippen molar-refractivity contribution in [1.29, 1.82) is 0 Å². The van der Waals surface area contributed by atoms with E-state index in [4.69, 9.17) is 0 Å². The Morgan fingerprint density at radius 1 is 1.13 bits per heavy atom. The molecule has 1 aliphatic rings. The molecule has 0 aliphatic heterocycles. The summed E-state index contributed by atoms with van der Waals surface area (Å²) in [6.07, 6.45) is 1.92. The Morgan fingerprint density at radius 3 is 2.27 bits per heavy atom. The van der Waals surface area contributed by atoms with E-state index >= 15 is 0 Å². The molecule has 0 saturated heterocycles. The Balaban J connectivity index is 2.10. The average Bonchev–Trinajstić information content (AvgIpc) is 2.65. The molecular weight excluding hydrogens is 187 g/mol. The number of alkyl halides is 1. The van der Waals surface area contributed by atoms with Crippen LogP contribution in [-0.4, -0.2) is 6.17 Å². The van der Waals surface area contributed by atoms with Crippen LogP contribution in [0.4, 0.5) is 4.39 Å². The van der Waals surface area contributed by atoms with Crippen LogP contribution in [0, 0.1) is 0 Å². The largest absolute Gasteiger partial charge is 0.247 e. The first kappa shape index (κ1) is 10.7. The van der Waals surface area contributed by atoms with Gasteiger partial charge in [-0.15, -0.1) is 0 Å². The van der Waals surface area contributed by atoms with Crippen molar-refractivity contribution in [1.82, 2.24) is 0 Å². The Kier molecular flexibility index (Phi) is 3.08. The van der Waals surface area contributed by atoms with Crippen molar-refractivity contribution >= 4 is 0 Å². The van der Waals surface area contributed by atoms with Gasteiger partial charge in [0.15, 0.2) is 0 Å². The first-order valence-corrected chi connectivity index (χ1v) is 5.90. The molecule has 1 aromatic rings. The molecule has 0 unspecified atom stereocenters. The van der Waals surface area contributed by atoms with Crippen molar-refractivity contribution in [2.24, 2.45) is 0 Å². The summed E-state index contributed by atoms with van der Waals surface area (Å²) in [5.74, 6) is 1.04. The molecule has 0 amide bonds. The molecule has 1 heteroatoms. The molecule has 2 rings (SSSR count). The molecule has 1 saturated carbocycles. The second-order valence-electron chi connectivity index (χ2n) is 4.93. The maximum absolute atomic E-state index is 13.1. The van der Waals surface area contributed by atoms with Gasteiger partial charge in [0.1, 0.15) is 6.17 Å². The van der Waals surface area contributed by atoms with Gasteiger partial charge in [0, 0.05) is 0 Å². The molecule has 1 aliphatic carbocycles. The fourth-order valence-electron chi connectivity index (χ4n) is 2.38. The van der Waals surface area contributed by atoms with Crippen LogP contribution in [0.3, 0.4) is 0 Å². The van der Waals surface area contributed by atoms with Gasteiger partial charge < -0.3 is 0 Å². The van der Waals surface area contributed by atoms with Crippen LogP contribution in [0.25, 0.3) is 0 Å². The molecule has 0 radical (unpaired) electrons. The highest BCUT2D eigenvalue weighted by atomic mass is 19.1. The lowest BCUT2D eigenvalue weighted by molar-refractivity contribution is 0.339. The number of hydrogen-bond acceptors (Lipinski definition) is 0. The third-order valence-electron chi connectivity index (χ3n) is 3.44. The lowest BCUT2D eigenvalue weighted by Gasteiger charge is -2.11. The molecule has 1 fully saturated rings. The van der Waals surface area contributed by atoms with E-state index in [1.165, 1.54) is 11.1 Å². The zero-order valence-electron chi connectivity index (χ0n) is 9.54. The fourth-order valence-corrected chi connectivity index (χ4v) is 2.38. The second-order valence-corrected chi connectivity index (χ2v) is 4.93. The van der Waals surface area contributed by atoms with E-state index in [0.717, 1.165) is 19.3 Å². The Labute approximate surface area is 91.5 Å². The van der Waals surface area contributed by atoms with Crippen molar-refractivity contribution in [2.45, 2.75) is 51.1 Å². The van der Waals surface area contributed by atoms with Crippen molar-refractivity contribution in [3.63, 3.8) is 0 Å². The average molecular weight is 206 g/mol.